The number of sulfonamides is 1. The van der Waals surface area contributed by atoms with E-state index in [0.29, 0.717) is 22.1 Å². The number of nitrogens with zero attached hydrogens (tertiary/aromatic N) is 6. The highest BCUT2D eigenvalue weighted by Gasteiger charge is 2.23. The van der Waals surface area contributed by atoms with Gasteiger partial charge in [0.25, 0.3) is 11.8 Å². The van der Waals surface area contributed by atoms with Gasteiger partial charge in [0.05, 0.1) is 30.9 Å². The lowest BCUT2D eigenvalue weighted by atomic mass is 10.5. The number of aromatic nitrogens is 5. The predicted octanol–water partition coefficient (Wildman–Crippen LogP) is 2.70. The van der Waals surface area contributed by atoms with Gasteiger partial charge in [-0.2, -0.15) is 13.9 Å². The molecule has 0 aromatic carbocycles. The summed E-state index contributed by atoms with van der Waals surface area (Å²) in [6, 6.07) is 0. The Bertz CT molecular complexity index is 1010. The number of anilines is 1. The molecule has 0 fully saturated rings. The summed E-state index contributed by atoms with van der Waals surface area (Å²) in [5.41, 5.74) is 0.417. The van der Waals surface area contributed by atoms with Crippen molar-refractivity contribution in [1.82, 2.24) is 25.0 Å². The van der Waals surface area contributed by atoms with Gasteiger partial charge in [0.15, 0.2) is 0 Å². The second-order valence-electron chi connectivity index (χ2n) is 5.60. The van der Waals surface area contributed by atoms with Gasteiger partial charge < -0.3 is 4.42 Å². The molecule has 0 radical (unpaired) electrons. The molecule has 3 aromatic rings. The number of hydrogen-bond acceptors (Lipinski definition) is 8. The molecule has 3 rings (SSSR count). The van der Waals surface area contributed by atoms with Gasteiger partial charge in [-0.3, -0.25) is 8.99 Å². The average molecular weight is 418 g/mol. The molecular formula is C14H16F2N6O3S2. The zero-order valence-electron chi connectivity index (χ0n) is 14.4. The highest BCUT2D eigenvalue weighted by Crippen LogP contribution is 2.29. The van der Waals surface area contributed by atoms with E-state index < -0.39 is 22.3 Å². The summed E-state index contributed by atoms with van der Waals surface area (Å²) in [6.07, 6.45) is 3.58. The van der Waals surface area contributed by atoms with Crippen LogP contribution in [0.4, 0.5) is 14.5 Å². The lowest BCUT2D eigenvalue weighted by Gasteiger charge is -2.18. The molecule has 0 aliphatic carbocycles. The van der Waals surface area contributed by atoms with Crippen molar-refractivity contribution < 1.29 is 21.6 Å². The van der Waals surface area contributed by atoms with E-state index in [1.165, 1.54) is 16.7 Å². The minimum atomic E-state index is -3.58. The first kappa shape index (κ1) is 19.4. The van der Waals surface area contributed by atoms with E-state index in [0.717, 1.165) is 24.0 Å². The SMILES string of the molecule is CCCn1cc(N(Cc2ncc(-c3nnc(C(F)F)o3)s2)S(C)(=O)=O)cn1. The largest absolute Gasteiger partial charge is 0.414 e. The maximum Gasteiger partial charge on any atom is 0.314 e. The van der Waals surface area contributed by atoms with Crippen molar-refractivity contribution in [3.63, 3.8) is 0 Å². The molecule has 0 amide bonds. The predicted molar refractivity (Wildman–Crippen MR) is 93.9 cm³/mol. The summed E-state index contributed by atoms with van der Waals surface area (Å²) >= 11 is 1.08. The molecule has 27 heavy (non-hydrogen) atoms. The Morgan fingerprint density at radius 1 is 1.33 bits per heavy atom. The van der Waals surface area contributed by atoms with E-state index in [2.05, 4.69) is 20.3 Å². The third-order valence-electron chi connectivity index (χ3n) is 3.43. The number of aryl methyl sites for hydroxylation is 1. The second-order valence-corrected chi connectivity index (χ2v) is 8.62. The van der Waals surface area contributed by atoms with E-state index in [4.69, 9.17) is 4.42 Å². The van der Waals surface area contributed by atoms with Gasteiger partial charge >= 0.3 is 6.43 Å². The van der Waals surface area contributed by atoms with Crippen LogP contribution in [0.1, 0.15) is 30.7 Å². The lowest BCUT2D eigenvalue weighted by Crippen LogP contribution is -2.28. The molecule has 0 atom stereocenters. The van der Waals surface area contributed by atoms with Crippen LogP contribution in [-0.2, 0) is 23.1 Å². The molecule has 0 aliphatic heterocycles. The highest BCUT2D eigenvalue weighted by molar-refractivity contribution is 7.92. The molecule has 0 bridgehead atoms. The molecule has 0 spiro atoms. The van der Waals surface area contributed by atoms with Crippen molar-refractivity contribution >= 4 is 27.0 Å². The molecular weight excluding hydrogens is 402 g/mol. The van der Waals surface area contributed by atoms with Crippen molar-refractivity contribution in [3.8, 4) is 10.8 Å². The Labute approximate surface area is 157 Å². The van der Waals surface area contributed by atoms with Gasteiger partial charge in [-0.05, 0) is 6.42 Å². The van der Waals surface area contributed by atoms with Gasteiger partial charge in [0.1, 0.15) is 9.88 Å². The van der Waals surface area contributed by atoms with E-state index in [-0.39, 0.29) is 12.4 Å². The Kier molecular flexibility index (Phi) is 5.51. The van der Waals surface area contributed by atoms with E-state index in [9.17, 15) is 17.2 Å². The minimum Gasteiger partial charge on any atom is -0.414 e. The molecule has 3 aromatic heterocycles. The van der Waals surface area contributed by atoms with E-state index in [1.54, 1.807) is 10.9 Å². The molecule has 0 saturated carbocycles. The standard InChI is InChI=1S/C14H16F2N6O3S2/c1-3-4-21-7-9(5-18-21)22(27(2,23)24)8-11-17-6-10(26-11)13-19-20-14(25-13)12(15)16/h5-7,12H,3-4,8H2,1-2H3. The summed E-state index contributed by atoms with van der Waals surface area (Å²) < 4.78 is 57.2. The fourth-order valence-electron chi connectivity index (χ4n) is 2.26. The van der Waals surface area contributed by atoms with Crippen LogP contribution in [0.3, 0.4) is 0 Å². The van der Waals surface area contributed by atoms with Crippen LogP contribution in [0.15, 0.2) is 23.0 Å². The van der Waals surface area contributed by atoms with Crippen molar-refractivity contribution in [3.05, 3.63) is 29.5 Å². The Morgan fingerprint density at radius 2 is 2.11 bits per heavy atom. The third kappa shape index (κ3) is 4.47. The third-order valence-corrected chi connectivity index (χ3v) is 5.54. The monoisotopic (exact) mass is 418 g/mol. The van der Waals surface area contributed by atoms with E-state index in [1.807, 2.05) is 6.92 Å². The van der Waals surface area contributed by atoms with E-state index >= 15 is 0 Å². The Balaban J connectivity index is 1.83. The quantitative estimate of drug-likeness (QED) is 0.553. The average Bonchev–Trinajstić information content (AvgIpc) is 3.32. The van der Waals surface area contributed by atoms with Crippen molar-refractivity contribution in [1.29, 1.82) is 0 Å². The van der Waals surface area contributed by atoms with Crippen molar-refractivity contribution in [2.45, 2.75) is 32.9 Å². The number of halogens is 2. The summed E-state index contributed by atoms with van der Waals surface area (Å²) in [7, 11) is -3.58. The lowest BCUT2D eigenvalue weighted by molar-refractivity contribution is 0.116. The first-order chi connectivity index (χ1) is 12.8. The van der Waals surface area contributed by atoms with Gasteiger partial charge in [-0.15, -0.1) is 21.5 Å². The number of hydrogen-bond donors (Lipinski definition) is 0. The first-order valence-electron chi connectivity index (χ1n) is 7.84. The molecule has 0 unspecified atom stereocenters. The summed E-state index contributed by atoms with van der Waals surface area (Å²) in [5.74, 6) is -0.864. The topological polar surface area (TPSA) is 107 Å². The molecule has 9 nitrogen and oxygen atoms in total. The van der Waals surface area contributed by atoms with Crippen LogP contribution in [0.2, 0.25) is 0 Å². The van der Waals surface area contributed by atoms with Crippen molar-refractivity contribution in [2.75, 3.05) is 10.6 Å². The first-order valence-corrected chi connectivity index (χ1v) is 10.5. The molecule has 0 saturated heterocycles. The summed E-state index contributed by atoms with van der Waals surface area (Å²) in [4.78, 5) is 4.51. The molecule has 13 heteroatoms. The van der Waals surface area contributed by atoms with Gasteiger partial charge in [-0.25, -0.2) is 13.4 Å². The van der Waals surface area contributed by atoms with Gasteiger partial charge in [0.2, 0.25) is 10.0 Å². The fraction of sp³-hybridized carbons (Fsp3) is 0.429. The van der Waals surface area contributed by atoms with Crippen LogP contribution in [0.25, 0.3) is 10.8 Å². The zero-order chi connectivity index (χ0) is 19.6. The number of thiazole rings is 1. The number of alkyl halides is 2. The van der Waals surface area contributed by atoms with Gasteiger partial charge in [0, 0.05) is 12.7 Å². The van der Waals surface area contributed by atoms with Crippen LogP contribution in [0, 0.1) is 0 Å². The normalized spacial score (nSPS) is 12.0. The summed E-state index contributed by atoms with van der Waals surface area (Å²) in [5, 5.41) is 11.4. The van der Waals surface area contributed by atoms with Crippen LogP contribution in [-0.4, -0.2) is 39.6 Å². The van der Waals surface area contributed by atoms with Crippen molar-refractivity contribution in [2.24, 2.45) is 0 Å². The van der Waals surface area contributed by atoms with Gasteiger partial charge in [-0.1, -0.05) is 6.92 Å². The second kappa shape index (κ2) is 7.68. The zero-order valence-corrected chi connectivity index (χ0v) is 16.0. The van der Waals surface area contributed by atoms with Crippen LogP contribution >= 0.6 is 11.3 Å². The molecule has 3 heterocycles. The highest BCUT2D eigenvalue weighted by atomic mass is 32.2. The maximum atomic E-state index is 12.6. The Hall–Kier alpha value is -2.41. The molecule has 146 valence electrons. The van der Waals surface area contributed by atoms with Crippen LogP contribution in [0.5, 0.6) is 0 Å². The fourth-order valence-corrected chi connectivity index (χ4v) is 4.00. The summed E-state index contributed by atoms with van der Waals surface area (Å²) in [6.45, 7) is 2.63. The molecule has 0 aliphatic rings. The number of rotatable bonds is 8. The molecule has 0 N–H and O–H groups in total. The van der Waals surface area contributed by atoms with Crippen LogP contribution < -0.4 is 4.31 Å². The maximum absolute atomic E-state index is 12.6. The Morgan fingerprint density at radius 3 is 2.74 bits per heavy atom. The minimum absolute atomic E-state index is 0.0306. The smallest absolute Gasteiger partial charge is 0.314 e.